The Morgan fingerprint density at radius 3 is 2.57 bits per heavy atom. The van der Waals surface area contributed by atoms with Crippen molar-refractivity contribution in [3.05, 3.63) is 35.4 Å². The molecule has 0 saturated carbocycles. The van der Waals surface area contributed by atoms with Gasteiger partial charge in [0.05, 0.1) is 12.0 Å². The van der Waals surface area contributed by atoms with E-state index in [4.69, 9.17) is 0 Å². The van der Waals surface area contributed by atoms with Crippen LogP contribution in [0.2, 0.25) is 0 Å². The van der Waals surface area contributed by atoms with Gasteiger partial charge in [-0.25, -0.2) is 0 Å². The predicted octanol–water partition coefficient (Wildman–Crippen LogP) is 2.62. The lowest BCUT2D eigenvalue weighted by atomic mass is 9.81. The van der Waals surface area contributed by atoms with Crippen molar-refractivity contribution in [2.75, 3.05) is 0 Å². The quantitative estimate of drug-likeness (QED) is 0.861. The van der Waals surface area contributed by atoms with Gasteiger partial charge in [0, 0.05) is 12.1 Å². The summed E-state index contributed by atoms with van der Waals surface area (Å²) in [4.78, 5) is 15.3. The summed E-state index contributed by atoms with van der Waals surface area (Å²) in [6.07, 6.45) is 6.68. The highest BCUT2D eigenvalue weighted by Crippen LogP contribution is 2.40. The maximum atomic E-state index is 13.1. The van der Waals surface area contributed by atoms with Crippen LogP contribution >= 0.6 is 0 Å². The van der Waals surface area contributed by atoms with Crippen molar-refractivity contribution in [1.82, 2.24) is 4.90 Å². The molecule has 2 aliphatic heterocycles. The van der Waals surface area contributed by atoms with Gasteiger partial charge >= 0.3 is 0 Å². The third kappa shape index (κ3) is 2.18. The third-order valence-corrected chi connectivity index (χ3v) is 5.63. The largest absolute Gasteiger partial charge is 0.393 e. The number of aliphatic hydroxyl groups excluding tert-OH is 1. The van der Waals surface area contributed by atoms with Crippen molar-refractivity contribution in [3.8, 4) is 0 Å². The van der Waals surface area contributed by atoms with Crippen LogP contribution in [-0.4, -0.2) is 34.1 Å². The van der Waals surface area contributed by atoms with Gasteiger partial charge in [0.15, 0.2) is 0 Å². The molecule has 0 spiro atoms. The molecule has 1 N–H and O–H groups in total. The number of aliphatic hydroxyl groups is 1. The van der Waals surface area contributed by atoms with E-state index in [1.807, 2.05) is 0 Å². The fourth-order valence-corrected chi connectivity index (χ4v) is 4.70. The summed E-state index contributed by atoms with van der Waals surface area (Å²) in [7, 11) is 0. The monoisotopic (exact) mass is 285 g/mol. The third-order valence-electron chi connectivity index (χ3n) is 5.63. The van der Waals surface area contributed by atoms with Crippen molar-refractivity contribution >= 4 is 5.91 Å². The molecule has 1 amide bonds. The van der Waals surface area contributed by atoms with Gasteiger partial charge < -0.3 is 10.0 Å². The number of aryl methyl sites for hydroxylation is 1. The van der Waals surface area contributed by atoms with E-state index in [0.717, 1.165) is 44.9 Å². The Hall–Kier alpha value is -1.35. The molecule has 2 heterocycles. The molecule has 3 atom stereocenters. The van der Waals surface area contributed by atoms with E-state index < -0.39 is 0 Å². The van der Waals surface area contributed by atoms with E-state index in [2.05, 4.69) is 29.2 Å². The highest BCUT2D eigenvalue weighted by Gasteiger charge is 2.45. The molecule has 1 aromatic carbocycles. The number of benzene rings is 1. The lowest BCUT2D eigenvalue weighted by Gasteiger charge is -2.40. The summed E-state index contributed by atoms with van der Waals surface area (Å²) < 4.78 is 0. The molecule has 1 aliphatic carbocycles. The number of piperidine rings is 1. The normalized spacial score (nSPS) is 34.6. The first-order valence-electron chi connectivity index (χ1n) is 8.32. The lowest BCUT2D eigenvalue weighted by Crippen LogP contribution is -2.50. The van der Waals surface area contributed by atoms with Gasteiger partial charge in [-0.05, 0) is 56.1 Å². The summed E-state index contributed by atoms with van der Waals surface area (Å²) in [6, 6.07) is 8.99. The van der Waals surface area contributed by atoms with Crippen molar-refractivity contribution in [2.45, 2.75) is 69.1 Å². The fraction of sp³-hybridized carbons (Fsp3) is 0.611. The molecule has 3 nitrogen and oxygen atoms in total. The molecule has 2 fully saturated rings. The SMILES string of the molecule is O=C(C1CCCc2ccccc21)N1C2CCC1CC(O)C2. The van der Waals surface area contributed by atoms with Gasteiger partial charge in [-0.2, -0.15) is 0 Å². The van der Waals surface area contributed by atoms with Crippen LogP contribution in [0.3, 0.4) is 0 Å². The second-order valence-corrected chi connectivity index (χ2v) is 6.90. The zero-order valence-electron chi connectivity index (χ0n) is 12.4. The van der Waals surface area contributed by atoms with Gasteiger partial charge in [0.1, 0.15) is 0 Å². The molecule has 0 radical (unpaired) electrons. The Morgan fingerprint density at radius 1 is 1.10 bits per heavy atom. The second-order valence-electron chi connectivity index (χ2n) is 6.90. The second kappa shape index (κ2) is 5.13. The predicted molar refractivity (Wildman–Crippen MR) is 81.0 cm³/mol. The van der Waals surface area contributed by atoms with E-state index in [0.29, 0.717) is 5.91 Å². The maximum Gasteiger partial charge on any atom is 0.230 e. The minimum Gasteiger partial charge on any atom is -0.393 e. The van der Waals surface area contributed by atoms with Crippen molar-refractivity contribution in [3.63, 3.8) is 0 Å². The van der Waals surface area contributed by atoms with Gasteiger partial charge in [-0.15, -0.1) is 0 Å². The zero-order chi connectivity index (χ0) is 14.4. The molecule has 112 valence electrons. The Bertz CT molecular complexity index is 542. The van der Waals surface area contributed by atoms with Crippen LogP contribution in [-0.2, 0) is 11.2 Å². The number of amides is 1. The van der Waals surface area contributed by atoms with E-state index >= 15 is 0 Å². The van der Waals surface area contributed by atoms with Crippen molar-refractivity contribution < 1.29 is 9.90 Å². The number of carbonyl (C=O) groups is 1. The Balaban J connectivity index is 1.62. The van der Waals surface area contributed by atoms with Crippen LogP contribution in [0, 0.1) is 0 Å². The first-order chi connectivity index (χ1) is 10.2. The first-order valence-corrected chi connectivity index (χ1v) is 8.32. The summed E-state index contributed by atoms with van der Waals surface area (Å²) in [6.45, 7) is 0. The molecule has 3 aliphatic rings. The highest BCUT2D eigenvalue weighted by atomic mass is 16.3. The van der Waals surface area contributed by atoms with E-state index in [1.165, 1.54) is 11.1 Å². The molecule has 2 bridgehead atoms. The highest BCUT2D eigenvalue weighted by molar-refractivity contribution is 5.85. The molecular weight excluding hydrogens is 262 g/mol. The molecule has 21 heavy (non-hydrogen) atoms. The van der Waals surface area contributed by atoms with Crippen molar-refractivity contribution in [1.29, 1.82) is 0 Å². The van der Waals surface area contributed by atoms with Crippen LogP contribution in [0.1, 0.15) is 55.6 Å². The number of nitrogens with zero attached hydrogens (tertiary/aromatic N) is 1. The van der Waals surface area contributed by atoms with Crippen molar-refractivity contribution in [2.24, 2.45) is 0 Å². The summed E-state index contributed by atoms with van der Waals surface area (Å²) >= 11 is 0. The first kappa shape index (κ1) is 13.3. The van der Waals surface area contributed by atoms with Crippen LogP contribution < -0.4 is 0 Å². The average molecular weight is 285 g/mol. The summed E-state index contributed by atoms with van der Waals surface area (Å²) in [5.41, 5.74) is 2.60. The van der Waals surface area contributed by atoms with Gasteiger partial charge in [0.25, 0.3) is 0 Å². The molecular formula is C18H23NO2. The Morgan fingerprint density at radius 2 is 1.81 bits per heavy atom. The van der Waals surface area contributed by atoms with Gasteiger partial charge in [-0.3, -0.25) is 4.79 Å². The number of hydrogen-bond donors (Lipinski definition) is 1. The minimum absolute atomic E-state index is 0.0493. The van der Waals surface area contributed by atoms with Crippen LogP contribution in [0.4, 0.5) is 0 Å². The number of hydrogen-bond acceptors (Lipinski definition) is 2. The average Bonchev–Trinajstić information content (AvgIpc) is 2.78. The standard InChI is InChI=1S/C18H23NO2/c20-15-10-13-8-9-14(11-15)19(13)18(21)17-7-3-5-12-4-1-2-6-16(12)17/h1-2,4,6,13-15,17,20H,3,5,7-11H2. The summed E-state index contributed by atoms with van der Waals surface area (Å²) in [5, 5.41) is 9.92. The van der Waals surface area contributed by atoms with Crippen LogP contribution in [0.25, 0.3) is 0 Å². The lowest BCUT2D eigenvalue weighted by molar-refractivity contribution is -0.139. The molecule has 0 aromatic heterocycles. The van der Waals surface area contributed by atoms with E-state index in [9.17, 15) is 9.90 Å². The van der Waals surface area contributed by atoms with Gasteiger partial charge in [-0.1, -0.05) is 24.3 Å². The molecule has 4 rings (SSSR count). The molecule has 2 saturated heterocycles. The van der Waals surface area contributed by atoms with E-state index in [-0.39, 0.29) is 24.1 Å². The smallest absolute Gasteiger partial charge is 0.230 e. The van der Waals surface area contributed by atoms with E-state index in [1.54, 1.807) is 0 Å². The Kier molecular flexibility index (Phi) is 3.26. The minimum atomic E-state index is -0.204. The topological polar surface area (TPSA) is 40.5 Å². The van der Waals surface area contributed by atoms with Crippen LogP contribution in [0.15, 0.2) is 24.3 Å². The maximum absolute atomic E-state index is 13.1. The summed E-state index contributed by atoms with van der Waals surface area (Å²) in [5.74, 6) is 0.370. The molecule has 3 unspecified atom stereocenters. The molecule has 1 aromatic rings. The number of rotatable bonds is 1. The zero-order valence-corrected chi connectivity index (χ0v) is 12.4. The van der Waals surface area contributed by atoms with Crippen LogP contribution in [0.5, 0.6) is 0 Å². The number of fused-ring (bicyclic) bond motifs is 3. The molecule has 3 heteroatoms. The van der Waals surface area contributed by atoms with Gasteiger partial charge in [0.2, 0.25) is 5.91 Å². The fourth-order valence-electron chi connectivity index (χ4n) is 4.70. The Labute approximate surface area is 126 Å². The number of carbonyl (C=O) groups excluding carboxylic acids is 1.